The molecule has 0 spiro atoms. The number of fused-ring (bicyclic) bond motifs is 2. The third-order valence-corrected chi connectivity index (χ3v) is 11.1. The molecule has 1 saturated heterocycles. The van der Waals surface area contributed by atoms with Crippen molar-refractivity contribution in [3.8, 4) is 11.3 Å². The fourth-order valence-electron chi connectivity index (χ4n) is 8.22. The molecule has 2 aliphatic heterocycles. The number of rotatable bonds is 8. The van der Waals surface area contributed by atoms with E-state index in [0.29, 0.717) is 34.7 Å². The van der Waals surface area contributed by atoms with Crippen LogP contribution in [0.1, 0.15) is 101 Å². The topological polar surface area (TPSA) is 95.4 Å². The summed E-state index contributed by atoms with van der Waals surface area (Å²) >= 11 is 0. The number of pyridine rings is 1. The van der Waals surface area contributed by atoms with Crippen molar-refractivity contribution in [1.82, 2.24) is 24.8 Å². The van der Waals surface area contributed by atoms with Crippen molar-refractivity contribution in [3.05, 3.63) is 65.2 Å². The molecule has 10 heteroatoms. The van der Waals surface area contributed by atoms with Gasteiger partial charge in [0.15, 0.2) is 5.82 Å². The summed E-state index contributed by atoms with van der Waals surface area (Å²) in [5.74, 6) is -0.157. The van der Waals surface area contributed by atoms with Gasteiger partial charge in [-0.2, -0.15) is 0 Å². The van der Waals surface area contributed by atoms with Gasteiger partial charge in [-0.15, -0.1) is 0 Å². The van der Waals surface area contributed by atoms with Gasteiger partial charge in [0, 0.05) is 41.0 Å². The largest absolute Gasteiger partial charge is 0.352 e. The first-order valence-electron chi connectivity index (χ1n) is 17.8. The van der Waals surface area contributed by atoms with Crippen LogP contribution in [-0.4, -0.2) is 62.5 Å². The molecule has 4 aromatic rings. The lowest BCUT2D eigenvalue weighted by Gasteiger charge is -2.55. The van der Waals surface area contributed by atoms with E-state index in [1.807, 2.05) is 37.5 Å². The summed E-state index contributed by atoms with van der Waals surface area (Å²) in [5, 5.41) is 6.05. The normalized spacial score (nSPS) is 22.0. The molecule has 3 aliphatic rings. The van der Waals surface area contributed by atoms with Gasteiger partial charge in [0.1, 0.15) is 11.3 Å². The maximum Gasteiger partial charge on any atom is 0.251 e. The van der Waals surface area contributed by atoms with Crippen molar-refractivity contribution >= 4 is 40.0 Å². The number of hydrogen-bond donors (Lipinski definition) is 2. The Kier molecular flexibility index (Phi) is 8.29. The van der Waals surface area contributed by atoms with Gasteiger partial charge in [-0.25, -0.2) is 14.4 Å². The van der Waals surface area contributed by atoms with Crippen LogP contribution in [-0.2, 0) is 10.2 Å². The van der Waals surface area contributed by atoms with Gasteiger partial charge in [0.2, 0.25) is 5.91 Å². The second-order valence-electron chi connectivity index (χ2n) is 15.2. The molecule has 0 atom stereocenters. The van der Waals surface area contributed by atoms with Crippen molar-refractivity contribution in [2.24, 2.45) is 0 Å². The fourth-order valence-corrected chi connectivity index (χ4v) is 8.22. The molecule has 4 heterocycles. The summed E-state index contributed by atoms with van der Waals surface area (Å²) in [6.07, 6.45) is 7.50. The lowest BCUT2D eigenvalue weighted by atomic mass is 9.71. The molecule has 0 unspecified atom stereocenters. The number of benzene rings is 2. The van der Waals surface area contributed by atoms with Crippen molar-refractivity contribution in [3.63, 3.8) is 0 Å². The molecule has 7 rings (SSSR count). The number of amides is 2. The van der Waals surface area contributed by atoms with Crippen LogP contribution in [0.15, 0.2) is 42.7 Å². The standard InChI is InChI=1S/C39H48FN7O2/c1-8-41-36(48)27-18-31(29(40)16-24(27)4)44-35-34-32(42-22-46(34)23(2)3)19-30(43-35)25-12-13-28-33(17-25)47(37(49)38(28,5)6)26-20-39(7,21-26)45-14-10-9-11-15-45/h12-13,16-19,22-23,26H,8-11,14-15,20-21H2,1-7H3,(H,41,48)(H,43,44)/t26-,39+. The Balaban J connectivity index is 1.28. The molecule has 0 bridgehead atoms. The van der Waals surface area contributed by atoms with E-state index in [4.69, 9.17) is 9.97 Å². The molecule has 2 N–H and O–H groups in total. The number of carbonyl (C=O) groups is 2. The second kappa shape index (κ2) is 12.2. The van der Waals surface area contributed by atoms with Crippen molar-refractivity contribution in [1.29, 1.82) is 0 Å². The van der Waals surface area contributed by atoms with E-state index in [1.165, 1.54) is 25.3 Å². The molecule has 1 saturated carbocycles. The first-order chi connectivity index (χ1) is 23.3. The minimum absolute atomic E-state index is 0.0758. The van der Waals surface area contributed by atoms with Crippen LogP contribution in [0.2, 0.25) is 0 Å². The highest BCUT2D eigenvalue weighted by molar-refractivity contribution is 6.09. The third kappa shape index (κ3) is 5.58. The molecule has 2 aromatic carbocycles. The number of likely N-dealkylation sites (tertiary alicyclic amines) is 1. The highest BCUT2D eigenvalue weighted by Crippen LogP contribution is 2.50. The highest BCUT2D eigenvalue weighted by atomic mass is 19.1. The van der Waals surface area contributed by atoms with Gasteiger partial charge < -0.3 is 20.1 Å². The SMILES string of the molecule is CCNC(=O)c1cc(Nc2nc(-c3ccc4c(c3)N([C@H]3C[C@@](C)(N5CCCCC5)C3)C(=O)C4(C)C)cc3ncn(C(C)C)c23)c(F)cc1C. The van der Waals surface area contributed by atoms with E-state index in [2.05, 4.69) is 53.3 Å². The molecule has 1 aliphatic carbocycles. The van der Waals surface area contributed by atoms with Crippen LogP contribution in [0.25, 0.3) is 22.3 Å². The number of piperidine rings is 1. The van der Waals surface area contributed by atoms with Crippen molar-refractivity contribution in [2.45, 2.75) is 104 Å². The van der Waals surface area contributed by atoms with Gasteiger partial charge in [-0.05, 0) is 123 Å². The number of halogens is 1. The van der Waals surface area contributed by atoms with E-state index in [1.54, 1.807) is 19.3 Å². The Morgan fingerprint density at radius 2 is 1.80 bits per heavy atom. The number of nitrogens with zero attached hydrogens (tertiary/aromatic N) is 5. The lowest BCUT2D eigenvalue weighted by Crippen LogP contribution is -2.64. The maximum absolute atomic E-state index is 15.5. The van der Waals surface area contributed by atoms with Gasteiger partial charge in [-0.3, -0.25) is 14.5 Å². The number of aromatic nitrogens is 3. The first kappa shape index (κ1) is 33.2. The summed E-state index contributed by atoms with van der Waals surface area (Å²) in [4.78, 5) is 41.3. The molecule has 0 radical (unpaired) electrons. The van der Waals surface area contributed by atoms with E-state index in [9.17, 15) is 9.59 Å². The molecule has 2 aromatic heterocycles. The van der Waals surface area contributed by atoms with E-state index >= 15 is 4.39 Å². The zero-order chi connectivity index (χ0) is 34.8. The quantitative estimate of drug-likeness (QED) is 0.201. The number of anilines is 3. The number of aryl methyl sites for hydroxylation is 1. The summed E-state index contributed by atoms with van der Waals surface area (Å²) < 4.78 is 17.5. The van der Waals surface area contributed by atoms with E-state index < -0.39 is 11.2 Å². The van der Waals surface area contributed by atoms with Crippen molar-refractivity contribution < 1.29 is 14.0 Å². The minimum atomic E-state index is -0.629. The Hall–Kier alpha value is -4.31. The fraction of sp³-hybridized carbons (Fsp3) is 0.487. The molecular weight excluding hydrogens is 617 g/mol. The molecule has 49 heavy (non-hydrogen) atoms. The molecule has 258 valence electrons. The molecule has 2 amide bonds. The van der Waals surface area contributed by atoms with Crippen LogP contribution in [0.4, 0.5) is 21.6 Å². The third-order valence-electron chi connectivity index (χ3n) is 11.1. The summed E-state index contributed by atoms with van der Waals surface area (Å²) in [5.41, 5.74) is 5.53. The van der Waals surface area contributed by atoms with Crippen LogP contribution < -0.4 is 15.5 Å². The highest BCUT2D eigenvalue weighted by Gasteiger charge is 2.54. The summed E-state index contributed by atoms with van der Waals surface area (Å²) in [6, 6.07) is 11.3. The van der Waals surface area contributed by atoms with Crippen LogP contribution in [0.5, 0.6) is 0 Å². The van der Waals surface area contributed by atoms with Crippen LogP contribution in [0.3, 0.4) is 0 Å². The van der Waals surface area contributed by atoms with E-state index in [-0.39, 0.29) is 35.1 Å². The molecular formula is C39H48FN7O2. The first-order valence-corrected chi connectivity index (χ1v) is 17.8. The predicted octanol–water partition coefficient (Wildman–Crippen LogP) is 7.65. The smallest absolute Gasteiger partial charge is 0.251 e. The Morgan fingerprint density at radius 3 is 2.49 bits per heavy atom. The summed E-state index contributed by atoms with van der Waals surface area (Å²) in [6.45, 7) is 16.8. The van der Waals surface area contributed by atoms with Gasteiger partial charge in [-0.1, -0.05) is 18.6 Å². The van der Waals surface area contributed by atoms with Crippen molar-refractivity contribution in [2.75, 3.05) is 29.9 Å². The average Bonchev–Trinajstić information content (AvgIpc) is 3.58. The molecule has 9 nitrogen and oxygen atoms in total. The van der Waals surface area contributed by atoms with Gasteiger partial charge in [0.25, 0.3) is 5.91 Å². The Bertz CT molecular complexity index is 1950. The van der Waals surface area contributed by atoms with Crippen LogP contribution in [0, 0.1) is 12.7 Å². The monoisotopic (exact) mass is 665 g/mol. The Labute approximate surface area is 288 Å². The second-order valence-corrected chi connectivity index (χ2v) is 15.2. The molecule has 2 fully saturated rings. The average molecular weight is 666 g/mol. The van der Waals surface area contributed by atoms with Gasteiger partial charge in [0.05, 0.1) is 28.6 Å². The van der Waals surface area contributed by atoms with E-state index in [0.717, 1.165) is 48.3 Å². The van der Waals surface area contributed by atoms with Gasteiger partial charge >= 0.3 is 0 Å². The zero-order valence-corrected chi connectivity index (χ0v) is 29.8. The zero-order valence-electron chi connectivity index (χ0n) is 29.8. The maximum atomic E-state index is 15.5. The number of carbonyl (C=O) groups excluding carboxylic acids is 2. The predicted molar refractivity (Wildman–Crippen MR) is 193 cm³/mol. The number of nitrogens with one attached hydrogen (secondary N) is 2. The minimum Gasteiger partial charge on any atom is -0.352 e. The number of hydrogen-bond acceptors (Lipinski definition) is 6. The Morgan fingerprint density at radius 1 is 1.06 bits per heavy atom. The number of imidazole rings is 1. The lowest BCUT2D eigenvalue weighted by molar-refractivity contribution is -0.123. The summed E-state index contributed by atoms with van der Waals surface area (Å²) in [7, 11) is 0. The van der Waals surface area contributed by atoms with Crippen LogP contribution >= 0.6 is 0 Å².